The molecular weight excluding hydrogens is 259 g/mol. The van der Waals surface area contributed by atoms with E-state index in [4.69, 9.17) is 16.9 Å². The van der Waals surface area contributed by atoms with Crippen LogP contribution >= 0.6 is 11.6 Å². The smallest absolute Gasteiger partial charge is 0.404 e. The van der Waals surface area contributed by atoms with Gasteiger partial charge >= 0.3 is 6.36 Å². The number of nitriles is 1. The topological polar surface area (TPSA) is 50.1 Å². The van der Waals surface area contributed by atoms with Crippen molar-refractivity contribution in [2.45, 2.75) is 13.3 Å². The van der Waals surface area contributed by atoms with Gasteiger partial charge in [-0.3, -0.25) is 4.79 Å². The molecule has 90 valence electrons. The van der Waals surface area contributed by atoms with E-state index in [1.165, 1.54) is 6.92 Å². The molecule has 0 saturated heterocycles. The molecule has 1 aromatic carbocycles. The minimum atomic E-state index is -4.91. The van der Waals surface area contributed by atoms with Crippen molar-refractivity contribution in [2.24, 2.45) is 0 Å². The Bertz CT molecular complexity index is 505. The van der Waals surface area contributed by atoms with Crippen LogP contribution in [0.3, 0.4) is 0 Å². The maximum Gasteiger partial charge on any atom is 0.573 e. The van der Waals surface area contributed by atoms with Crippen LogP contribution in [0.15, 0.2) is 12.1 Å². The quantitative estimate of drug-likeness (QED) is 0.769. The highest BCUT2D eigenvalue weighted by Crippen LogP contribution is 2.32. The monoisotopic (exact) mass is 263 g/mol. The van der Waals surface area contributed by atoms with Crippen molar-refractivity contribution >= 4 is 17.4 Å². The Labute approximate surface area is 99.4 Å². The number of carbonyl (C=O) groups excluding carboxylic acids is 1. The zero-order chi connectivity index (χ0) is 13.2. The minimum Gasteiger partial charge on any atom is -0.404 e. The van der Waals surface area contributed by atoms with E-state index in [0.29, 0.717) is 0 Å². The Hall–Kier alpha value is -1.74. The fourth-order valence-corrected chi connectivity index (χ4v) is 1.34. The number of hydrogen-bond donors (Lipinski definition) is 0. The lowest BCUT2D eigenvalue weighted by atomic mass is 10.1. The number of ketones is 1. The molecule has 7 heteroatoms. The summed E-state index contributed by atoms with van der Waals surface area (Å²) >= 11 is 5.52. The average Bonchev–Trinajstić information content (AvgIpc) is 2.18. The summed E-state index contributed by atoms with van der Waals surface area (Å²) < 4.78 is 39.6. The molecule has 0 aliphatic carbocycles. The largest absolute Gasteiger partial charge is 0.573 e. The van der Waals surface area contributed by atoms with Gasteiger partial charge in [-0.15, -0.1) is 13.2 Å². The zero-order valence-corrected chi connectivity index (χ0v) is 9.19. The molecule has 0 amide bonds. The van der Waals surface area contributed by atoms with Crippen LogP contribution in [0, 0.1) is 11.3 Å². The summed E-state index contributed by atoms with van der Waals surface area (Å²) in [5.74, 6) is -1.18. The van der Waals surface area contributed by atoms with Crippen LogP contribution < -0.4 is 4.74 Å². The van der Waals surface area contributed by atoms with Gasteiger partial charge in [0.2, 0.25) is 0 Å². The first-order valence-corrected chi connectivity index (χ1v) is 4.62. The number of rotatable bonds is 2. The first kappa shape index (κ1) is 13.3. The van der Waals surface area contributed by atoms with Crippen LogP contribution in [0.25, 0.3) is 0 Å². The maximum absolute atomic E-state index is 12.0. The van der Waals surface area contributed by atoms with Crippen LogP contribution in [0.1, 0.15) is 22.8 Å². The van der Waals surface area contributed by atoms with Crippen LogP contribution in [0.2, 0.25) is 5.02 Å². The van der Waals surface area contributed by atoms with Crippen LogP contribution in [-0.4, -0.2) is 12.1 Å². The van der Waals surface area contributed by atoms with Crippen molar-refractivity contribution in [2.75, 3.05) is 0 Å². The summed E-state index contributed by atoms with van der Waals surface area (Å²) in [6.07, 6.45) is -4.91. The summed E-state index contributed by atoms with van der Waals surface area (Å²) in [4.78, 5) is 11.1. The second-order valence-corrected chi connectivity index (χ2v) is 3.45. The second kappa shape index (κ2) is 4.63. The summed E-state index contributed by atoms with van der Waals surface area (Å²) in [5, 5.41) is 8.32. The SMILES string of the molecule is CC(=O)c1cc(Cl)c(OC(F)(F)F)cc1C#N. The molecule has 0 aromatic heterocycles. The Morgan fingerprint density at radius 1 is 1.47 bits per heavy atom. The third-order valence-electron chi connectivity index (χ3n) is 1.80. The molecule has 0 spiro atoms. The summed E-state index contributed by atoms with van der Waals surface area (Å²) in [5.41, 5.74) is -0.270. The summed E-state index contributed by atoms with van der Waals surface area (Å²) in [6, 6.07) is 3.36. The van der Waals surface area contributed by atoms with Gasteiger partial charge in [0, 0.05) is 11.6 Å². The number of alkyl halides is 3. The number of Topliss-reactive ketones (excluding diaryl/α,β-unsaturated/α-hetero) is 1. The highest BCUT2D eigenvalue weighted by atomic mass is 35.5. The third kappa shape index (κ3) is 3.36. The lowest BCUT2D eigenvalue weighted by Crippen LogP contribution is -2.17. The first-order valence-electron chi connectivity index (χ1n) is 4.25. The van der Waals surface area contributed by atoms with Crippen LogP contribution in [0.5, 0.6) is 5.75 Å². The molecule has 0 heterocycles. The van der Waals surface area contributed by atoms with E-state index in [-0.39, 0.29) is 16.1 Å². The van der Waals surface area contributed by atoms with E-state index in [0.717, 1.165) is 12.1 Å². The highest BCUT2D eigenvalue weighted by Gasteiger charge is 2.32. The normalized spacial score (nSPS) is 10.8. The molecule has 17 heavy (non-hydrogen) atoms. The molecule has 0 aliphatic heterocycles. The van der Waals surface area contributed by atoms with E-state index < -0.39 is 17.9 Å². The molecule has 0 unspecified atom stereocenters. The van der Waals surface area contributed by atoms with Gasteiger partial charge in [0.15, 0.2) is 5.78 Å². The fraction of sp³-hybridized carbons (Fsp3) is 0.200. The summed E-state index contributed by atoms with van der Waals surface area (Å²) in [6.45, 7) is 1.18. The zero-order valence-electron chi connectivity index (χ0n) is 8.43. The van der Waals surface area contributed by atoms with E-state index >= 15 is 0 Å². The van der Waals surface area contributed by atoms with Crippen LogP contribution in [0.4, 0.5) is 13.2 Å². The van der Waals surface area contributed by atoms with Crippen LogP contribution in [-0.2, 0) is 0 Å². The predicted molar refractivity (Wildman–Crippen MR) is 52.9 cm³/mol. The van der Waals surface area contributed by atoms with Crippen molar-refractivity contribution in [1.82, 2.24) is 0 Å². The number of nitrogens with zero attached hydrogens (tertiary/aromatic N) is 1. The van der Waals surface area contributed by atoms with Gasteiger partial charge in [-0.2, -0.15) is 5.26 Å². The molecule has 0 bridgehead atoms. The lowest BCUT2D eigenvalue weighted by Gasteiger charge is -2.11. The second-order valence-electron chi connectivity index (χ2n) is 3.04. The average molecular weight is 264 g/mol. The van der Waals surface area contributed by atoms with E-state index in [2.05, 4.69) is 4.74 Å². The number of ether oxygens (including phenoxy) is 1. The molecule has 0 atom stereocenters. The Balaban J connectivity index is 3.29. The standard InChI is InChI=1S/C10H5ClF3NO2/c1-5(16)7-3-8(11)9(2-6(7)4-15)17-10(12,13)14/h2-3H,1H3. The maximum atomic E-state index is 12.0. The molecular formula is C10H5ClF3NO2. The van der Waals surface area contributed by atoms with Gasteiger partial charge in [0.25, 0.3) is 0 Å². The molecule has 3 nitrogen and oxygen atoms in total. The molecule has 0 saturated carbocycles. The molecule has 0 fully saturated rings. The van der Waals surface area contributed by atoms with Gasteiger partial charge in [-0.05, 0) is 13.0 Å². The Morgan fingerprint density at radius 2 is 2.06 bits per heavy atom. The van der Waals surface area contributed by atoms with Gasteiger partial charge in [-0.1, -0.05) is 11.6 Å². The van der Waals surface area contributed by atoms with Gasteiger partial charge in [-0.25, -0.2) is 0 Å². The van der Waals surface area contributed by atoms with E-state index in [9.17, 15) is 18.0 Å². The van der Waals surface area contributed by atoms with E-state index in [1.807, 2.05) is 0 Å². The van der Waals surface area contributed by atoms with Crippen molar-refractivity contribution in [3.63, 3.8) is 0 Å². The fourth-order valence-electron chi connectivity index (χ4n) is 1.14. The van der Waals surface area contributed by atoms with Crippen molar-refractivity contribution < 1.29 is 22.7 Å². The lowest BCUT2D eigenvalue weighted by molar-refractivity contribution is -0.274. The molecule has 0 aliphatic rings. The van der Waals surface area contributed by atoms with Crippen molar-refractivity contribution in [3.05, 3.63) is 28.3 Å². The minimum absolute atomic E-state index is 0.0491. The number of carbonyl (C=O) groups is 1. The van der Waals surface area contributed by atoms with Gasteiger partial charge < -0.3 is 4.74 Å². The van der Waals surface area contributed by atoms with Gasteiger partial charge in [0.1, 0.15) is 11.8 Å². The Kier molecular flexibility index (Phi) is 3.63. The van der Waals surface area contributed by atoms with E-state index in [1.54, 1.807) is 6.07 Å². The number of halogens is 4. The molecule has 0 N–H and O–H groups in total. The third-order valence-corrected chi connectivity index (χ3v) is 2.09. The van der Waals surface area contributed by atoms with Crippen molar-refractivity contribution in [3.8, 4) is 11.8 Å². The highest BCUT2D eigenvalue weighted by molar-refractivity contribution is 6.32. The van der Waals surface area contributed by atoms with Crippen molar-refractivity contribution in [1.29, 1.82) is 5.26 Å². The summed E-state index contributed by atoms with van der Waals surface area (Å²) in [7, 11) is 0. The molecule has 0 radical (unpaired) electrons. The number of benzene rings is 1. The first-order chi connectivity index (χ1) is 7.74. The predicted octanol–water partition coefficient (Wildman–Crippen LogP) is 3.31. The molecule has 1 aromatic rings. The Morgan fingerprint density at radius 3 is 2.47 bits per heavy atom. The number of hydrogen-bond acceptors (Lipinski definition) is 3. The van der Waals surface area contributed by atoms with Gasteiger partial charge in [0.05, 0.1) is 10.6 Å². The molecule has 1 rings (SSSR count).